The second-order valence-electron chi connectivity index (χ2n) is 6.52. The molecule has 0 spiro atoms. The van der Waals surface area contributed by atoms with Crippen molar-refractivity contribution >= 4 is 11.8 Å². The Morgan fingerprint density at radius 2 is 1.81 bits per heavy atom. The maximum atomic E-state index is 13.4. The highest BCUT2D eigenvalue weighted by molar-refractivity contribution is 5.79. The van der Waals surface area contributed by atoms with Crippen LogP contribution in [-0.2, 0) is 9.59 Å². The molecule has 0 radical (unpaired) electrons. The van der Waals surface area contributed by atoms with Gasteiger partial charge in [-0.3, -0.25) is 14.5 Å². The van der Waals surface area contributed by atoms with Crippen molar-refractivity contribution in [1.29, 1.82) is 0 Å². The van der Waals surface area contributed by atoms with Gasteiger partial charge in [0.15, 0.2) is 0 Å². The van der Waals surface area contributed by atoms with Gasteiger partial charge in [-0.25, -0.2) is 0 Å². The normalized spacial score (nSPS) is 17.8. The fourth-order valence-corrected chi connectivity index (χ4v) is 3.10. The van der Waals surface area contributed by atoms with Crippen molar-refractivity contribution in [3.8, 4) is 0 Å². The highest BCUT2D eigenvalue weighted by Gasteiger charge is 2.43. The molecule has 2 amide bonds. The Bertz CT molecular complexity index is 619. The summed E-state index contributed by atoms with van der Waals surface area (Å²) in [6, 6.07) is 6.54. The number of hydrogen-bond donors (Lipinski definition) is 3. The molecule has 0 aliphatic carbocycles. The van der Waals surface area contributed by atoms with Crippen molar-refractivity contribution in [1.82, 2.24) is 20.9 Å². The summed E-state index contributed by atoms with van der Waals surface area (Å²) in [7, 11) is 0. The number of amides is 2. The molecule has 1 aliphatic heterocycles. The summed E-state index contributed by atoms with van der Waals surface area (Å²) < 4.78 is 40.2. The molecule has 1 aliphatic rings. The second-order valence-corrected chi connectivity index (χ2v) is 6.52. The van der Waals surface area contributed by atoms with Crippen molar-refractivity contribution in [2.24, 2.45) is 0 Å². The minimum Gasteiger partial charge on any atom is -0.354 e. The van der Waals surface area contributed by atoms with Gasteiger partial charge in [0.2, 0.25) is 11.8 Å². The molecule has 1 aromatic rings. The first kappa shape index (κ1) is 21.2. The van der Waals surface area contributed by atoms with Crippen LogP contribution in [0, 0.1) is 0 Å². The lowest BCUT2D eigenvalue weighted by atomic mass is 10.0. The molecule has 27 heavy (non-hydrogen) atoms. The first-order valence-corrected chi connectivity index (χ1v) is 8.87. The largest absolute Gasteiger partial charge is 0.405 e. The zero-order chi connectivity index (χ0) is 19.9. The molecule has 3 N–H and O–H groups in total. The molecule has 0 saturated carbocycles. The zero-order valence-corrected chi connectivity index (χ0v) is 15.2. The highest BCUT2D eigenvalue weighted by Crippen LogP contribution is 2.25. The van der Waals surface area contributed by atoms with Crippen LogP contribution in [0.5, 0.6) is 0 Å². The molecule has 2 rings (SSSR count). The quantitative estimate of drug-likeness (QED) is 0.659. The number of rotatable bonds is 7. The SMILES string of the molecule is CC(=O)NC(CC(=O)NCC(N1CCNCC1)C(F)(F)F)c1ccccc1. The van der Waals surface area contributed by atoms with Crippen molar-refractivity contribution in [2.45, 2.75) is 31.6 Å². The van der Waals surface area contributed by atoms with Gasteiger partial charge in [0.05, 0.1) is 12.5 Å². The van der Waals surface area contributed by atoms with Crippen LogP contribution in [0.2, 0.25) is 0 Å². The van der Waals surface area contributed by atoms with E-state index >= 15 is 0 Å². The monoisotopic (exact) mass is 386 g/mol. The van der Waals surface area contributed by atoms with Gasteiger partial charge in [-0.15, -0.1) is 0 Å². The molecule has 2 unspecified atom stereocenters. The highest BCUT2D eigenvalue weighted by atomic mass is 19.4. The number of piperazine rings is 1. The minimum atomic E-state index is -4.43. The van der Waals surface area contributed by atoms with E-state index in [9.17, 15) is 22.8 Å². The van der Waals surface area contributed by atoms with E-state index in [4.69, 9.17) is 0 Å². The Balaban J connectivity index is 1.97. The second kappa shape index (κ2) is 9.70. The molecule has 1 saturated heterocycles. The maximum absolute atomic E-state index is 13.4. The van der Waals surface area contributed by atoms with Crippen LogP contribution < -0.4 is 16.0 Å². The van der Waals surface area contributed by atoms with Gasteiger partial charge in [-0.1, -0.05) is 30.3 Å². The van der Waals surface area contributed by atoms with Gasteiger partial charge in [0.25, 0.3) is 0 Å². The molecule has 9 heteroatoms. The van der Waals surface area contributed by atoms with Crippen LogP contribution in [0.4, 0.5) is 13.2 Å². The van der Waals surface area contributed by atoms with Crippen LogP contribution in [0.25, 0.3) is 0 Å². The van der Waals surface area contributed by atoms with Crippen molar-refractivity contribution in [2.75, 3.05) is 32.7 Å². The van der Waals surface area contributed by atoms with Crippen LogP contribution in [-0.4, -0.2) is 61.7 Å². The van der Waals surface area contributed by atoms with Crippen LogP contribution >= 0.6 is 0 Å². The van der Waals surface area contributed by atoms with E-state index in [2.05, 4.69) is 16.0 Å². The number of carbonyl (C=O) groups excluding carboxylic acids is 2. The number of halogens is 3. The molecule has 150 valence electrons. The predicted octanol–water partition coefficient (Wildman–Crippen LogP) is 1.21. The maximum Gasteiger partial charge on any atom is 0.405 e. The molecule has 2 atom stereocenters. The third-order valence-corrected chi connectivity index (χ3v) is 4.43. The Hall–Kier alpha value is -2.13. The fraction of sp³-hybridized carbons (Fsp3) is 0.556. The third-order valence-electron chi connectivity index (χ3n) is 4.43. The smallest absolute Gasteiger partial charge is 0.354 e. The van der Waals surface area contributed by atoms with Gasteiger partial charge < -0.3 is 16.0 Å². The van der Waals surface area contributed by atoms with E-state index in [1.54, 1.807) is 30.3 Å². The average Bonchev–Trinajstić information content (AvgIpc) is 2.61. The lowest BCUT2D eigenvalue weighted by Crippen LogP contribution is -2.57. The molecule has 6 nitrogen and oxygen atoms in total. The van der Waals surface area contributed by atoms with E-state index < -0.39 is 30.7 Å². The van der Waals surface area contributed by atoms with Crippen LogP contribution in [0.15, 0.2) is 30.3 Å². The molecular weight excluding hydrogens is 361 g/mol. The zero-order valence-electron chi connectivity index (χ0n) is 15.2. The summed E-state index contributed by atoms with van der Waals surface area (Å²) in [5.41, 5.74) is 0.720. The molecular formula is C18H25F3N4O2. The fourth-order valence-electron chi connectivity index (χ4n) is 3.10. The standard InChI is InChI=1S/C18H25F3N4O2/c1-13(26)24-15(14-5-3-2-4-6-14)11-17(27)23-12-16(18(19,20)21)25-9-7-22-8-10-25/h2-6,15-16,22H,7-12H2,1H3,(H,23,27)(H,24,26). The summed E-state index contributed by atoms with van der Waals surface area (Å²) in [4.78, 5) is 25.0. The third kappa shape index (κ3) is 6.84. The van der Waals surface area contributed by atoms with Gasteiger partial charge in [-0.05, 0) is 5.56 Å². The average molecular weight is 386 g/mol. The minimum absolute atomic E-state index is 0.129. The van der Waals surface area contributed by atoms with Gasteiger partial charge in [-0.2, -0.15) is 13.2 Å². The lowest BCUT2D eigenvalue weighted by molar-refractivity contribution is -0.184. The van der Waals surface area contributed by atoms with E-state index in [-0.39, 0.29) is 25.4 Å². The summed E-state index contributed by atoms with van der Waals surface area (Å²) in [6.07, 6.45) is -4.56. The topological polar surface area (TPSA) is 73.5 Å². The van der Waals surface area contributed by atoms with Crippen molar-refractivity contribution < 1.29 is 22.8 Å². The Kier molecular flexibility index (Phi) is 7.61. The van der Waals surface area contributed by atoms with Crippen LogP contribution in [0.3, 0.4) is 0 Å². The van der Waals surface area contributed by atoms with Crippen molar-refractivity contribution in [3.63, 3.8) is 0 Å². The summed E-state index contributed by atoms with van der Waals surface area (Å²) in [5, 5.41) is 8.07. The number of carbonyl (C=O) groups is 2. The number of nitrogens with one attached hydrogen (secondary N) is 3. The van der Waals surface area contributed by atoms with E-state index in [1.165, 1.54) is 11.8 Å². The molecule has 1 heterocycles. The van der Waals surface area contributed by atoms with E-state index in [0.717, 1.165) is 5.56 Å². The Labute approximate surface area is 156 Å². The molecule has 0 aromatic heterocycles. The summed E-state index contributed by atoms with van der Waals surface area (Å²) >= 11 is 0. The number of nitrogens with zero attached hydrogens (tertiary/aromatic N) is 1. The molecule has 1 fully saturated rings. The number of benzene rings is 1. The van der Waals surface area contributed by atoms with E-state index in [1.807, 2.05) is 0 Å². The lowest BCUT2D eigenvalue weighted by Gasteiger charge is -2.36. The first-order chi connectivity index (χ1) is 12.8. The Morgan fingerprint density at radius 3 is 2.37 bits per heavy atom. The Morgan fingerprint density at radius 1 is 1.19 bits per heavy atom. The van der Waals surface area contributed by atoms with Crippen LogP contribution in [0.1, 0.15) is 24.9 Å². The van der Waals surface area contributed by atoms with Gasteiger partial charge in [0.1, 0.15) is 6.04 Å². The van der Waals surface area contributed by atoms with E-state index in [0.29, 0.717) is 13.1 Å². The molecule has 0 bridgehead atoms. The molecule has 1 aromatic carbocycles. The van der Waals surface area contributed by atoms with Crippen molar-refractivity contribution in [3.05, 3.63) is 35.9 Å². The number of hydrogen-bond acceptors (Lipinski definition) is 4. The number of alkyl halides is 3. The summed E-state index contributed by atoms with van der Waals surface area (Å²) in [6.45, 7) is 2.34. The van der Waals surface area contributed by atoms with Gasteiger partial charge in [0, 0.05) is 39.6 Å². The first-order valence-electron chi connectivity index (χ1n) is 8.87. The van der Waals surface area contributed by atoms with Gasteiger partial charge >= 0.3 is 6.18 Å². The summed E-state index contributed by atoms with van der Waals surface area (Å²) in [5.74, 6) is -0.854. The predicted molar refractivity (Wildman–Crippen MR) is 94.9 cm³/mol.